The zero-order valence-corrected chi connectivity index (χ0v) is 10.7. The van der Waals surface area contributed by atoms with Crippen LogP contribution in [-0.2, 0) is 6.54 Å². The Kier molecular flexibility index (Phi) is 4.12. The highest BCUT2D eigenvalue weighted by atomic mass is 19.4. The number of benzene rings is 1. The van der Waals surface area contributed by atoms with Gasteiger partial charge in [0.2, 0.25) is 0 Å². The van der Waals surface area contributed by atoms with E-state index >= 15 is 0 Å². The fourth-order valence-corrected chi connectivity index (χ4v) is 1.72. The summed E-state index contributed by atoms with van der Waals surface area (Å²) in [5, 5.41) is 3.12. The van der Waals surface area contributed by atoms with Crippen LogP contribution in [0.2, 0.25) is 0 Å². The SMILES string of the molecule is Cc1ncccc1NCc1cccc(OC(F)(F)F)c1. The van der Waals surface area contributed by atoms with Gasteiger partial charge >= 0.3 is 6.36 Å². The molecule has 0 aliphatic carbocycles. The van der Waals surface area contributed by atoms with E-state index in [1.54, 1.807) is 18.3 Å². The van der Waals surface area contributed by atoms with Gasteiger partial charge < -0.3 is 10.1 Å². The maximum atomic E-state index is 12.1. The van der Waals surface area contributed by atoms with Crippen molar-refractivity contribution in [2.75, 3.05) is 5.32 Å². The number of aryl methyl sites for hydroxylation is 1. The number of pyridine rings is 1. The van der Waals surface area contributed by atoms with Gasteiger partial charge in [0.05, 0.1) is 11.4 Å². The number of anilines is 1. The van der Waals surface area contributed by atoms with Gasteiger partial charge in [0.25, 0.3) is 0 Å². The molecule has 0 atom stereocenters. The number of nitrogens with one attached hydrogen (secondary N) is 1. The quantitative estimate of drug-likeness (QED) is 0.923. The van der Waals surface area contributed by atoms with Crippen molar-refractivity contribution in [3.05, 3.63) is 53.9 Å². The summed E-state index contributed by atoms with van der Waals surface area (Å²) in [5.74, 6) is -0.222. The third-order valence-corrected chi connectivity index (χ3v) is 2.62. The van der Waals surface area contributed by atoms with Gasteiger partial charge in [0, 0.05) is 12.7 Å². The molecule has 0 aliphatic heterocycles. The molecular weight excluding hydrogens is 269 g/mol. The number of aromatic nitrogens is 1. The topological polar surface area (TPSA) is 34.2 Å². The molecule has 106 valence electrons. The number of nitrogens with zero attached hydrogens (tertiary/aromatic N) is 1. The molecule has 0 saturated carbocycles. The minimum Gasteiger partial charge on any atom is -0.406 e. The largest absolute Gasteiger partial charge is 0.573 e. The standard InChI is InChI=1S/C14H13F3N2O/c1-10-13(6-3-7-18-10)19-9-11-4-2-5-12(8-11)20-14(15,16)17/h2-8,19H,9H2,1H3. The van der Waals surface area contributed by atoms with E-state index in [1.165, 1.54) is 18.2 Å². The predicted octanol–water partition coefficient (Wildman–Crippen LogP) is 3.90. The van der Waals surface area contributed by atoms with Gasteiger partial charge in [-0.1, -0.05) is 12.1 Å². The molecule has 0 saturated heterocycles. The minimum atomic E-state index is -4.67. The molecule has 1 aromatic carbocycles. The molecule has 0 bridgehead atoms. The number of hydrogen-bond acceptors (Lipinski definition) is 3. The molecule has 0 aliphatic rings. The van der Waals surface area contributed by atoms with Crippen molar-refractivity contribution in [1.29, 1.82) is 0 Å². The van der Waals surface area contributed by atoms with Crippen LogP contribution in [0.15, 0.2) is 42.6 Å². The Hall–Kier alpha value is -2.24. The van der Waals surface area contributed by atoms with Crippen molar-refractivity contribution in [3.8, 4) is 5.75 Å². The van der Waals surface area contributed by atoms with E-state index in [2.05, 4.69) is 15.0 Å². The van der Waals surface area contributed by atoms with E-state index < -0.39 is 6.36 Å². The molecule has 1 aromatic heterocycles. The molecule has 0 amide bonds. The summed E-state index contributed by atoms with van der Waals surface area (Å²) >= 11 is 0. The molecule has 6 heteroatoms. The molecule has 0 spiro atoms. The highest BCUT2D eigenvalue weighted by molar-refractivity contribution is 5.47. The Morgan fingerprint density at radius 2 is 2.00 bits per heavy atom. The lowest BCUT2D eigenvalue weighted by molar-refractivity contribution is -0.274. The molecule has 0 unspecified atom stereocenters. The zero-order valence-electron chi connectivity index (χ0n) is 10.7. The van der Waals surface area contributed by atoms with E-state index in [0.29, 0.717) is 12.1 Å². The third kappa shape index (κ3) is 4.15. The number of rotatable bonds is 4. The molecule has 1 N–H and O–H groups in total. The lowest BCUT2D eigenvalue weighted by atomic mass is 10.2. The zero-order chi connectivity index (χ0) is 14.6. The first-order valence-corrected chi connectivity index (χ1v) is 5.94. The van der Waals surface area contributed by atoms with Crippen LogP contribution in [0, 0.1) is 6.92 Å². The third-order valence-electron chi connectivity index (χ3n) is 2.62. The molecule has 0 radical (unpaired) electrons. The fraction of sp³-hybridized carbons (Fsp3) is 0.214. The van der Waals surface area contributed by atoms with E-state index in [9.17, 15) is 13.2 Å². The maximum Gasteiger partial charge on any atom is 0.573 e. The Morgan fingerprint density at radius 3 is 2.70 bits per heavy atom. The van der Waals surface area contributed by atoms with Gasteiger partial charge in [-0.15, -0.1) is 13.2 Å². The highest BCUT2D eigenvalue weighted by Crippen LogP contribution is 2.23. The van der Waals surface area contributed by atoms with Crippen LogP contribution in [-0.4, -0.2) is 11.3 Å². The van der Waals surface area contributed by atoms with E-state index in [1.807, 2.05) is 13.0 Å². The van der Waals surface area contributed by atoms with Crippen molar-refractivity contribution in [3.63, 3.8) is 0 Å². The summed E-state index contributed by atoms with van der Waals surface area (Å²) in [6, 6.07) is 9.52. The average Bonchev–Trinajstić information content (AvgIpc) is 2.36. The van der Waals surface area contributed by atoms with Gasteiger partial charge in [-0.25, -0.2) is 0 Å². The van der Waals surface area contributed by atoms with Crippen LogP contribution >= 0.6 is 0 Å². The molecule has 2 rings (SSSR count). The highest BCUT2D eigenvalue weighted by Gasteiger charge is 2.31. The Labute approximate surface area is 114 Å². The minimum absolute atomic E-state index is 0.222. The van der Waals surface area contributed by atoms with Crippen LogP contribution in [0.5, 0.6) is 5.75 Å². The fourth-order valence-electron chi connectivity index (χ4n) is 1.72. The number of ether oxygens (including phenoxy) is 1. The van der Waals surface area contributed by atoms with E-state index in [0.717, 1.165) is 11.4 Å². The number of halogens is 3. The smallest absolute Gasteiger partial charge is 0.406 e. The van der Waals surface area contributed by atoms with Gasteiger partial charge in [0.1, 0.15) is 5.75 Å². The maximum absolute atomic E-state index is 12.1. The van der Waals surface area contributed by atoms with E-state index in [-0.39, 0.29) is 5.75 Å². The Bertz CT molecular complexity index is 585. The average molecular weight is 282 g/mol. The summed E-state index contributed by atoms with van der Waals surface area (Å²) in [6.07, 6.45) is -3.00. The summed E-state index contributed by atoms with van der Waals surface area (Å²) in [6.45, 7) is 2.24. The normalized spacial score (nSPS) is 11.2. The summed E-state index contributed by atoms with van der Waals surface area (Å²) < 4.78 is 40.3. The second kappa shape index (κ2) is 5.81. The predicted molar refractivity (Wildman–Crippen MR) is 69.4 cm³/mol. The van der Waals surface area contributed by atoms with Crippen molar-refractivity contribution in [2.24, 2.45) is 0 Å². The first-order valence-electron chi connectivity index (χ1n) is 5.94. The first-order chi connectivity index (χ1) is 9.44. The Balaban J connectivity index is 2.03. The molecule has 0 fully saturated rings. The van der Waals surface area contributed by atoms with Crippen molar-refractivity contribution in [1.82, 2.24) is 4.98 Å². The van der Waals surface area contributed by atoms with Crippen molar-refractivity contribution >= 4 is 5.69 Å². The van der Waals surface area contributed by atoms with Crippen LogP contribution < -0.4 is 10.1 Å². The van der Waals surface area contributed by atoms with Crippen LogP contribution in [0.4, 0.5) is 18.9 Å². The molecule has 2 aromatic rings. The van der Waals surface area contributed by atoms with Crippen molar-refractivity contribution in [2.45, 2.75) is 19.8 Å². The van der Waals surface area contributed by atoms with Gasteiger partial charge in [0.15, 0.2) is 0 Å². The monoisotopic (exact) mass is 282 g/mol. The molecular formula is C14H13F3N2O. The lowest BCUT2D eigenvalue weighted by Gasteiger charge is -2.11. The van der Waals surface area contributed by atoms with E-state index in [4.69, 9.17) is 0 Å². The summed E-state index contributed by atoms with van der Waals surface area (Å²) in [7, 11) is 0. The molecule has 3 nitrogen and oxygen atoms in total. The lowest BCUT2D eigenvalue weighted by Crippen LogP contribution is -2.17. The van der Waals surface area contributed by atoms with Gasteiger partial charge in [-0.05, 0) is 36.8 Å². The second-order valence-electron chi connectivity index (χ2n) is 4.19. The number of hydrogen-bond donors (Lipinski definition) is 1. The second-order valence-corrected chi connectivity index (χ2v) is 4.19. The van der Waals surface area contributed by atoms with Gasteiger partial charge in [-0.2, -0.15) is 0 Å². The van der Waals surface area contributed by atoms with Crippen LogP contribution in [0.1, 0.15) is 11.3 Å². The summed E-state index contributed by atoms with van der Waals surface area (Å²) in [4.78, 5) is 4.12. The van der Waals surface area contributed by atoms with Crippen LogP contribution in [0.3, 0.4) is 0 Å². The number of alkyl halides is 3. The first kappa shape index (κ1) is 14.2. The van der Waals surface area contributed by atoms with Gasteiger partial charge in [-0.3, -0.25) is 4.98 Å². The Morgan fingerprint density at radius 1 is 1.20 bits per heavy atom. The molecule has 1 heterocycles. The van der Waals surface area contributed by atoms with Crippen molar-refractivity contribution < 1.29 is 17.9 Å². The molecule has 20 heavy (non-hydrogen) atoms. The van der Waals surface area contributed by atoms with Crippen LogP contribution in [0.25, 0.3) is 0 Å². The summed E-state index contributed by atoms with van der Waals surface area (Å²) in [5.41, 5.74) is 2.36.